The first-order valence-corrected chi connectivity index (χ1v) is 6.60. The number of amides is 3. The maximum atomic E-state index is 11.9. The van der Waals surface area contributed by atoms with Crippen molar-refractivity contribution in [3.05, 3.63) is 35.4 Å². The Labute approximate surface area is 122 Å². The zero-order chi connectivity index (χ0) is 15.8. The Kier molecular flexibility index (Phi) is 6.19. The second-order valence-electron chi connectivity index (χ2n) is 4.57. The summed E-state index contributed by atoms with van der Waals surface area (Å²) in [4.78, 5) is 33.5. The summed E-state index contributed by atoms with van der Waals surface area (Å²) in [5.41, 5.74) is 6.11. The molecule has 1 aromatic rings. The lowest BCUT2D eigenvalue weighted by atomic mass is 10.1. The second-order valence-corrected chi connectivity index (χ2v) is 4.57. The fourth-order valence-electron chi connectivity index (χ4n) is 1.75. The van der Waals surface area contributed by atoms with Gasteiger partial charge in [0.15, 0.2) is 0 Å². The standard InChI is InChI=1S/C14H19N3O4/c1-2-3-11(13(19)20)17-12(18)10-6-4-9(5-7-10)8-16-14(15)21/h4-7,11H,2-3,8H2,1H3,(H,17,18)(H,19,20)(H3,15,16,21)/t11-/m0/s1. The number of carbonyl (C=O) groups is 3. The van der Waals surface area contributed by atoms with Crippen LogP contribution in [0.2, 0.25) is 0 Å². The summed E-state index contributed by atoms with van der Waals surface area (Å²) in [7, 11) is 0. The van der Waals surface area contributed by atoms with Crippen molar-refractivity contribution in [2.24, 2.45) is 5.73 Å². The molecule has 0 aliphatic rings. The summed E-state index contributed by atoms with van der Waals surface area (Å²) in [6.07, 6.45) is 1.04. The molecule has 114 valence electrons. The van der Waals surface area contributed by atoms with Crippen LogP contribution in [0.4, 0.5) is 4.79 Å². The van der Waals surface area contributed by atoms with Gasteiger partial charge in [0.1, 0.15) is 6.04 Å². The first-order chi connectivity index (χ1) is 9.93. The van der Waals surface area contributed by atoms with Gasteiger partial charge in [-0.25, -0.2) is 9.59 Å². The summed E-state index contributed by atoms with van der Waals surface area (Å²) in [6.45, 7) is 2.12. The van der Waals surface area contributed by atoms with Crippen molar-refractivity contribution in [2.75, 3.05) is 0 Å². The Balaban J connectivity index is 2.65. The smallest absolute Gasteiger partial charge is 0.326 e. The molecular weight excluding hydrogens is 274 g/mol. The van der Waals surface area contributed by atoms with Gasteiger partial charge in [-0.1, -0.05) is 25.5 Å². The van der Waals surface area contributed by atoms with Gasteiger partial charge in [-0.3, -0.25) is 4.79 Å². The van der Waals surface area contributed by atoms with Gasteiger partial charge in [0.05, 0.1) is 0 Å². The number of aliphatic carboxylic acids is 1. The number of primary amides is 1. The zero-order valence-corrected chi connectivity index (χ0v) is 11.8. The third-order valence-electron chi connectivity index (χ3n) is 2.86. The van der Waals surface area contributed by atoms with Crippen LogP contribution in [0.5, 0.6) is 0 Å². The molecule has 0 unspecified atom stereocenters. The van der Waals surface area contributed by atoms with E-state index in [-0.39, 0.29) is 6.54 Å². The lowest BCUT2D eigenvalue weighted by Crippen LogP contribution is -2.40. The normalized spacial score (nSPS) is 11.5. The number of urea groups is 1. The number of benzene rings is 1. The molecule has 0 aliphatic carbocycles. The molecule has 0 spiro atoms. The number of rotatable bonds is 7. The van der Waals surface area contributed by atoms with Gasteiger partial charge in [0.2, 0.25) is 0 Å². The number of nitrogens with two attached hydrogens (primary N) is 1. The average molecular weight is 293 g/mol. The predicted molar refractivity (Wildman–Crippen MR) is 76.7 cm³/mol. The summed E-state index contributed by atoms with van der Waals surface area (Å²) >= 11 is 0. The second kappa shape index (κ2) is 7.88. The molecule has 1 aromatic carbocycles. The average Bonchev–Trinajstić information content (AvgIpc) is 2.45. The van der Waals surface area contributed by atoms with Crippen LogP contribution >= 0.6 is 0 Å². The molecule has 0 aromatic heterocycles. The summed E-state index contributed by atoms with van der Waals surface area (Å²) < 4.78 is 0. The molecule has 3 amide bonds. The summed E-state index contributed by atoms with van der Waals surface area (Å²) in [5, 5.41) is 13.9. The highest BCUT2D eigenvalue weighted by Crippen LogP contribution is 2.06. The largest absolute Gasteiger partial charge is 0.480 e. The Hall–Kier alpha value is -2.57. The molecule has 0 heterocycles. The van der Waals surface area contributed by atoms with Crippen LogP contribution in [0, 0.1) is 0 Å². The van der Waals surface area contributed by atoms with Crippen LogP contribution in [0.1, 0.15) is 35.7 Å². The van der Waals surface area contributed by atoms with Crippen molar-refractivity contribution in [1.82, 2.24) is 10.6 Å². The van der Waals surface area contributed by atoms with Crippen molar-refractivity contribution in [1.29, 1.82) is 0 Å². The molecule has 21 heavy (non-hydrogen) atoms. The minimum Gasteiger partial charge on any atom is -0.480 e. The van der Waals surface area contributed by atoms with Crippen LogP contribution in [-0.2, 0) is 11.3 Å². The van der Waals surface area contributed by atoms with E-state index in [1.165, 1.54) is 0 Å². The van der Waals surface area contributed by atoms with Gasteiger partial charge >= 0.3 is 12.0 Å². The van der Waals surface area contributed by atoms with E-state index < -0.39 is 23.9 Å². The van der Waals surface area contributed by atoms with Gasteiger partial charge in [0, 0.05) is 12.1 Å². The highest BCUT2D eigenvalue weighted by Gasteiger charge is 2.19. The highest BCUT2D eigenvalue weighted by atomic mass is 16.4. The number of hydrogen-bond donors (Lipinski definition) is 4. The van der Waals surface area contributed by atoms with Crippen LogP contribution in [0.15, 0.2) is 24.3 Å². The van der Waals surface area contributed by atoms with Crippen LogP contribution in [0.3, 0.4) is 0 Å². The molecule has 0 aliphatic heterocycles. The van der Waals surface area contributed by atoms with Crippen LogP contribution in [0.25, 0.3) is 0 Å². The minimum atomic E-state index is -1.05. The topological polar surface area (TPSA) is 122 Å². The molecule has 7 heteroatoms. The molecule has 7 nitrogen and oxygen atoms in total. The van der Waals surface area contributed by atoms with Gasteiger partial charge in [-0.05, 0) is 24.1 Å². The molecule has 1 atom stereocenters. The molecule has 0 saturated heterocycles. The highest BCUT2D eigenvalue weighted by molar-refractivity contribution is 5.96. The number of carboxylic acid groups (broad SMARTS) is 1. The number of hydrogen-bond acceptors (Lipinski definition) is 3. The van der Waals surface area contributed by atoms with Crippen molar-refractivity contribution in [3.63, 3.8) is 0 Å². The first kappa shape index (κ1) is 16.5. The monoisotopic (exact) mass is 293 g/mol. The van der Waals surface area contributed by atoms with Crippen molar-refractivity contribution in [3.8, 4) is 0 Å². The maximum absolute atomic E-state index is 11.9. The van der Waals surface area contributed by atoms with Gasteiger partial charge in [-0.2, -0.15) is 0 Å². The maximum Gasteiger partial charge on any atom is 0.326 e. The summed E-state index contributed by atoms with van der Waals surface area (Å²) in [6, 6.07) is 4.96. The van der Waals surface area contributed by atoms with E-state index in [1.54, 1.807) is 24.3 Å². The van der Waals surface area contributed by atoms with Crippen molar-refractivity contribution < 1.29 is 19.5 Å². The Morgan fingerprint density at radius 2 is 1.86 bits per heavy atom. The van der Waals surface area contributed by atoms with Crippen molar-refractivity contribution in [2.45, 2.75) is 32.4 Å². The van der Waals surface area contributed by atoms with E-state index in [2.05, 4.69) is 10.6 Å². The summed E-state index contributed by atoms with van der Waals surface area (Å²) in [5.74, 6) is -1.49. The third-order valence-corrected chi connectivity index (χ3v) is 2.86. The quantitative estimate of drug-likeness (QED) is 0.595. The molecule has 1 rings (SSSR count). The zero-order valence-electron chi connectivity index (χ0n) is 11.8. The van der Waals surface area contributed by atoms with E-state index >= 15 is 0 Å². The fraction of sp³-hybridized carbons (Fsp3) is 0.357. The fourth-order valence-corrected chi connectivity index (χ4v) is 1.75. The number of nitrogens with one attached hydrogen (secondary N) is 2. The lowest BCUT2D eigenvalue weighted by molar-refractivity contribution is -0.139. The Bertz CT molecular complexity index is 513. The molecular formula is C14H19N3O4. The number of carbonyl (C=O) groups excluding carboxylic acids is 2. The molecule has 0 fully saturated rings. The van der Waals surface area contributed by atoms with Gasteiger partial charge < -0.3 is 21.5 Å². The molecule has 0 saturated carbocycles. The van der Waals surface area contributed by atoms with E-state index in [9.17, 15) is 14.4 Å². The Morgan fingerprint density at radius 1 is 1.24 bits per heavy atom. The van der Waals surface area contributed by atoms with E-state index in [0.717, 1.165) is 5.56 Å². The van der Waals surface area contributed by atoms with Gasteiger partial charge in [-0.15, -0.1) is 0 Å². The molecule has 0 bridgehead atoms. The van der Waals surface area contributed by atoms with Crippen molar-refractivity contribution >= 4 is 17.9 Å². The Morgan fingerprint density at radius 3 is 2.33 bits per heavy atom. The third kappa shape index (κ3) is 5.52. The van der Waals surface area contributed by atoms with Crippen LogP contribution < -0.4 is 16.4 Å². The molecule has 5 N–H and O–H groups in total. The minimum absolute atomic E-state index is 0.269. The lowest BCUT2D eigenvalue weighted by Gasteiger charge is -2.13. The van der Waals surface area contributed by atoms with E-state index in [0.29, 0.717) is 18.4 Å². The first-order valence-electron chi connectivity index (χ1n) is 6.60. The van der Waals surface area contributed by atoms with Gasteiger partial charge in [0.25, 0.3) is 5.91 Å². The van der Waals surface area contributed by atoms with Crippen LogP contribution in [-0.4, -0.2) is 29.1 Å². The van der Waals surface area contributed by atoms with E-state index in [1.807, 2.05) is 6.92 Å². The molecule has 0 radical (unpaired) electrons. The predicted octanol–water partition coefficient (Wildman–Crippen LogP) is 0.838. The number of carboxylic acids is 1. The SMILES string of the molecule is CCC[C@H](NC(=O)c1ccc(CNC(N)=O)cc1)C(=O)O. The van der Waals surface area contributed by atoms with E-state index in [4.69, 9.17) is 10.8 Å².